The lowest BCUT2D eigenvalue weighted by Crippen LogP contribution is -2.34. The Labute approximate surface area is 106 Å². The van der Waals surface area contributed by atoms with Gasteiger partial charge in [0, 0.05) is 17.0 Å². The molecular weight excluding hydrogens is 234 g/mol. The molecule has 0 unspecified atom stereocenters. The van der Waals surface area contributed by atoms with E-state index in [0.29, 0.717) is 0 Å². The molecule has 1 aromatic heterocycles. The van der Waals surface area contributed by atoms with E-state index in [4.69, 9.17) is 17.3 Å². The molecular formula is C13H16ClN3. The van der Waals surface area contributed by atoms with Gasteiger partial charge in [-0.15, -0.1) is 0 Å². The molecule has 17 heavy (non-hydrogen) atoms. The minimum Gasteiger partial charge on any atom is -0.342 e. The van der Waals surface area contributed by atoms with Crippen LogP contribution in [0.2, 0.25) is 5.02 Å². The Morgan fingerprint density at radius 1 is 1.29 bits per heavy atom. The highest BCUT2D eigenvalue weighted by molar-refractivity contribution is 6.30. The molecule has 2 rings (SSSR count). The molecule has 2 aromatic rings. The molecule has 0 radical (unpaired) electrons. The van der Waals surface area contributed by atoms with Crippen molar-refractivity contribution in [2.75, 3.05) is 0 Å². The van der Waals surface area contributed by atoms with Gasteiger partial charge in [0.2, 0.25) is 0 Å². The Morgan fingerprint density at radius 3 is 2.53 bits per heavy atom. The first-order valence-corrected chi connectivity index (χ1v) is 5.90. The summed E-state index contributed by atoms with van der Waals surface area (Å²) in [6.07, 6.45) is 2.55. The van der Waals surface area contributed by atoms with Crippen LogP contribution in [0.4, 0.5) is 0 Å². The Balaban J connectivity index is 2.21. The van der Waals surface area contributed by atoms with Gasteiger partial charge in [-0.2, -0.15) is 0 Å². The zero-order chi connectivity index (χ0) is 12.5. The van der Waals surface area contributed by atoms with Crippen molar-refractivity contribution in [1.29, 1.82) is 0 Å². The maximum atomic E-state index is 5.96. The maximum Gasteiger partial charge on any atom is 0.108 e. The number of hydrogen-bond acceptors (Lipinski definition) is 2. The summed E-state index contributed by atoms with van der Waals surface area (Å²) in [7, 11) is 0. The molecule has 0 amide bonds. The Bertz CT molecular complexity index is 494. The molecule has 4 heteroatoms. The Kier molecular flexibility index (Phi) is 3.22. The van der Waals surface area contributed by atoms with Crippen LogP contribution in [0.3, 0.4) is 0 Å². The van der Waals surface area contributed by atoms with E-state index in [1.165, 1.54) is 0 Å². The standard InChI is InChI=1S/C13H16ClN3/c1-13(2,15)7-12-16-8-11(17-12)9-3-5-10(14)6-4-9/h3-6,8H,7,15H2,1-2H3,(H,16,17). The van der Waals surface area contributed by atoms with Crippen molar-refractivity contribution in [2.45, 2.75) is 25.8 Å². The zero-order valence-electron chi connectivity index (χ0n) is 10.00. The number of imidazole rings is 1. The summed E-state index contributed by atoms with van der Waals surface area (Å²) < 4.78 is 0. The van der Waals surface area contributed by atoms with Gasteiger partial charge in [-0.1, -0.05) is 23.7 Å². The van der Waals surface area contributed by atoms with Crippen LogP contribution < -0.4 is 5.73 Å². The van der Waals surface area contributed by atoms with Crippen molar-refractivity contribution in [3.8, 4) is 11.3 Å². The summed E-state index contributed by atoms with van der Waals surface area (Å²) in [6, 6.07) is 7.66. The zero-order valence-corrected chi connectivity index (χ0v) is 10.8. The largest absolute Gasteiger partial charge is 0.342 e. The van der Waals surface area contributed by atoms with Crippen molar-refractivity contribution < 1.29 is 0 Å². The molecule has 0 saturated carbocycles. The van der Waals surface area contributed by atoms with Gasteiger partial charge in [-0.25, -0.2) is 4.98 Å². The molecule has 90 valence electrons. The van der Waals surface area contributed by atoms with Crippen molar-refractivity contribution >= 4 is 11.6 Å². The topological polar surface area (TPSA) is 54.7 Å². The molecule has 0 aliphatic heterocycles. The lowest BCUT2D eigenvalue weighted by atomic mass is 10.0. The number of nitrogens with two attached hydrogens (primary N) is 1. The second-order valence-corrected chi connectivity index (χ2v) is 5.35. The fourth-order valence-corrected chi connectivity index (χ4v) is 1.79. The summed E-state index contributed by atoms with van der Waals surface area (Å²) in [5.74, 6) is 0.905. The quantitative estimate of drug-likeness (QED) is 0.879. The normalized spacial score (nSPS) is 11.8. The predicted octanol–water partition coefficient (Wildman–Crippen LogP) is 3.01. The van der Waals surface area contributed by atoms with Crippen LogP contribution in [0.1, 0.15) is 19.7 Å². The summed E-state index contributed by atoms with van der Waals surface area (Å²) in [5.41, 5.74) is 7.76. The summed E-state index contributed by atoms with van der Waals surface area (Å²) in [5, 5.41) is 0.733. The van der Waals surface area contributed by atoms with Gasteiger partial charge >= 0.3 is 0 Å². The van der Waals surface area contributed by atoms with Gasteiger partial charge in [0.15, 0.2) is 0 Å². The van der Waals surface area contributed by atoms with E-state index < -0.39 is 0 Å². The van der Waals surface area contributed by atoms with Crippen LogP contribution in [0.25, 0.3) is 11.3 Å². The van der Waals surface area contributed by atoms with Gasteiger partial charge in [-0.3, -0.25) is 0 Å². The third-order valence-electron chi connectivity index (χ3n) is 2.41. The Morgan fingerprint density at radius 2 is 1.94 bits per heavy atom. The first kappa shape index (κ1) is 12.1. The highest BCUT2D eigenvalue weighted by atomic mass is 35.5. The average Bonchev–Trinajstić information content (AvgIpc) is 2.64. The number of rotatable bonds is 3. The number of aromatic amines is 1. The minimum atomic E-state index is -0.255. The fraction of sp³-hybridized carbons (Fsp3) is 0.308. The van der Waals surface area contributed by atoms with Crippen LogP contribution in [0, 0.1) is 0 Å². The first-order chi connectivity index (χ1) is 7.94. The number of H-pyrrole nitrogens is 1. The molecule has 0 saturated heterocycles. The van der Waals surface area contributed by atoms with Crippen LogP contribution in [-0.2, 0) is 6.42 Å². The van der Waals surface area contributed by atoms with E-state index >= 15 is 0 Å². The van der Waals surface area contributed by atoms with Gasteiger partial charge < -0.3 is 10.7 Å². The summed E-state index contributed by atoms with van der Waals surface area (Å²) in [4.78, 5) is 7.60. The molecule has 0 bridgehead atoms. The third kappa shape index (κ3) is 3.32. The smallest absolute Gasteiger partial charge is 0.108 e. The predicted molar refractivity (Wildman–Crippen MR) is 71.0 cm³/mol. The van der Waals surface area contributed by atoms with Crippen LogP contribution in [-0.4, -0.2) is 15.5 Å². The van der Waals surface area contributed by atoms with Crippen LogP contribution in [0.15, 0.2) is 30.5 Å². The molecule has 3 nitrogen and oxygen atoms in total. The second kappa shape index (κ2) is 4.51. The molecule has 0 fully saturated rings. The first-order valence-electron chi connectivity index (χ1n) is 5.53. The summed E-state index contributed by atoms with van der Waals surface area (Å²) >= 11 is 5.85. The lowest BCUT2D eigenvalue weighted by Gasteiger charge is -2.15. The van der Waals surface area contributed by atoms with Gasteiger partial charge in [-0.05, 0) is 31.5 Å². The van der Waals surface area contributed by atoms with E-state index in [0.717, 1.165) is 28.5 Å². The highest BCUT2D eigenvalue weighted by Gasteiger charge is 2.14. The van der Waals surface area contributed by atoms with E-state index in [2.05, 4.69) is 9.97 Å². The van der Waals surface area contributed by atoms with Crippen molar-refractivity contribution in [3.63, 3.8) is 0 Å². The van der Waals surface area contributed by atoms with Crippen LogP contribution in [0.5, 0.6) is 0 Å². The van der Waals surface area contributed by atoms with E-state index in [1.807, 2.05) is 44.3 Å². The molecule has 0 spiro atoms. The molecule has 0 aliphatic rings. The molecule has 0 atom stereocenters. The molecule has 1 heterocycles. The lowest BCUT2D eigenvalue weighted by molar-refractivity contribution is 0.505. The SMILES string of the molecule is CC(C)(N)Cc1ncc(-c2ccc(Cl)cc2)[nH]1. The van der Waals surface area contributed by atoms with Crippen LogP contribution >= 0.6 is 11.6 Å². The van der Waals surface area contributed by atoms with E-state index in [9.17, 15) is 0 Å². The average molecular weight is 250 g/mol. The molecule has 3 N–H and O–H groups in total. The van der Waals surface area contributed by atoms with Crippen molar-refractivity contribution in [3.05, 3.63) is 41.3 Å². The molecule has 0 aliphatic carbocycles. The highest BCUT2D eigenvalue weighted by Crippen LogP contribution is 2.20. The monoisotopic (exact) mass is 249 g/mol. The third-order valence-corrected chi connectivity index (χ3v) is 2.66. The number of hydrogen-bond donors (Lipinski definition) is 2. The molecule has 1 aromatic carbocycles. The van der Waals surface area contributed by atoms with Gasteiger partial charge in [0.25, 0.3) is 0 Å². The number of benzene rings is 1. The number of halogens is 1. The maximum absolute atomic E-state index is 5.96. The summed E-state index contributed by atoms with van der Waals surface area (Å²) in [6.45, 7) is 3.97. The minimum absolute atomic E-state index is 0.255. The van der Waals surface area contributed by atoms with E-state index in [-0.39, 0.29) is 5.54 Å². The second-order valence-electron chi connectivity index (χ2n) is 4.92. The number of nitrogens with one attached hydrogen (secondary N) is 1. The van der Waals surface area contributed by atoms with E-state index in [1.54, 1.807) is 0 Å². The number of nitrogens with zero attached hydrogens (tertiary/aromatic N) is 1. The van der Waals surface area contributed by atoms with Crippen molar-refractivity contribution in [2.24, 2.45) is 5.73 Å². The van der Waals surface area contributed by atoms with Gasteiger partial charge in [0.1, 0.15) is 5.82 Å². The van der Waals surface area contributed by atoms with Crippen molar-refractivity contribution in [1.82, 2.24) is 9.97 Å². The Hall–Kier alpha value is -1.32. The number of aromatic nitrogens is 2. The fourth-order valence-electron chi connectivity index (χ4n) is 1.66. The van der Waals surface area contributed by atoms with Gasteiger partial charge in [0.05, 0.1) is 11.9 Å².